The van der Waals surface area contributed by atoms with Crippen LogP contribution in [0, 0.1) is 11.3 Å². The van der Waals surface area contributed by atoms with E-state index >= 15 is 0 Å². The van der Waals surface area contributed by atoms with Crippen LogP contribution in [0.1, 0.15) is 37.3 Å². The molecule has 1 unspecified atom stereocenters. The summed E-state index contributed by atoms with van der Waals surface area (Å²) in [7, 11) is 0. The number of hydrogen-bond donors (Lipinski definition) is 1. The van der Waals surface area contributed by atoms with Crippen molar-refractivity contribution in [3.05, 3.63) is 23.8 Å². The maximum atomic E-state index is 9.36. The van der Waals surface area contributed by atoms with E-state index in [1.165, 1.54) is 25.7 Å². The molecule has 100 valence electrons. The van der Waals surface area contributed by atoms with Gasteiger partial charge in [-0.2, -0.15) is 5.26 Å². The van der Waals surface area contributed by atoms with Crippen LogP contribution in [0.3, 0.4) is 0 Å². The number of nitriles is 1. The molecule has 1 aromatic carbocycles. The molecule has 1 aliphatic carbocycles. The molecule has 4 nitrogen and oxygen atoms in total. The van der Waals surface area contributed by atoms with Crippen molar-refractivity contribution in [1.29, 1.82) is 5.26 Å². The first kappa shape index (κ1) is 12.3. The van der Waals surface area contributed by atoms with Crippen molar-refractivity contribution in [1.82, 2.24) is 5.32 Å². The van der Waals surface area contributed by atoms with Crippen LogP contribution in [-0.4, -0.2) is 19.3 Å². The van der Waals surface area contributed by atoms with Gasteiger partial charge in [0, 0.05) is 6.04 Å². The topological polar surface area (TPSA) is 54.3 Å². The second-order valence-electron chi connectivity index (χ2n) is 5.11. The summed E-state index contributed by atoms with van der Waals surface area (Å²) in [6.07, 6.45) is 4.86. The molecule has 1 atom stereocenters. The maximum Gasteiger partial charge on any atom is 0.161 e. The number of fused-ring (bicyclic) bond motifs is 1. The Kier molecular flexibility index (Phi) is 3.56. The first-order valence-corrected chi connectivity index (χ1v) is 6.92. The lowest BCUT2D eigenvalue weighted by atomic mass is 10.1. The fourth-order valence-electron chi connectivity index (χ4n) is 2.78. The second kappa shape index (κ2) is 5.50. The predicted molar refractivity (Wildman–Crippen MR) is 71.2 cm³/mol. The van der Waals surface area contributed by atoms with Crippen LogP contribution in [-0.2, 0) is 0 Å². The van der Waals surface area contributed by atoms with Crippen LogP contribution < -0.4 is 14.8 Å². The van der Waals surface area contributed by atoms with Gasteiger partial charge in [0.2, 0.25) is 0 Å². The molecule has 0 amide bonds. The van der Waals surface area contributed by atoms with Crippen LogP contribution in [0.5, 0.6) is 11.5 Å². The van der Waals surface area contributed by atoms with E-state index in [2.05, 4.69) is 11.4 Å². The zero-order chi connectivity index (χ0) is 13.1. The summed E-state index contributed by atoms with van der Waals surface area (Å²) in [6, 6.07) is 8.31. The molecule has 4 heteroatoms. The fraction of sp³-hybridized carbons (Fsp3) is 0.533. The van der Waals surface area contributed by atoms with E-state index in [1.807, 2.05) is 18.2 Å². The Bertz CT molecular complexity index is 489. The predicted octanol–water partition coefficient (Wildman–Crippen LogP) is 2.55. The van der Waals surface area contributed by atoms with Crippen molar-refractivity contribution in [2.75, 3.05) is 13.2 Å². The molecule has 0 saturated heterocycles. The number of nitrogens with zero attached hydrogens (tertiary/aromatic N) is 1. The molecule has 3 rings (SSSR count). The minimum absolute atomic E-state index is 0.265. The van der Waals surface area contributed by atoms with Gasteiger partial charge in [-0.05, 0) is 30.5 Å². The third-order valence-corrected chi connectivity index (χ3v) is 3.79. The Morgan fingerprint density at radius 1 is 1.16 bits per heavy atom. The van der Waals surface area contributed by atoms with Gasteiger partial charge in [-0.1, -0.05) is 18.9 Å². The van der Waals surface area contributed by atoms with Gasteiger partial charge in [-0.25, -0.2) is 0 Å². The number of nitrogens with one attached hydrogen (secondary N) is 1. The van der Waals surface area contributed by atoms with Gasteiger partial charge in [0.05, 0.1) is 6.07 Å². The standard InChI is InChI=1S/C15H18N2O2/c16-10-13(17-12-3-1-2-4-12)11-5-6-14-15(9-11)19-8-7-18-14/h5-6,9,12-13,17H,1-4,7-8H2. The van der Waals surface area contributed by atoms with Crippen molar-refractivity contribution in [2.24, 2.45) is 0 Å². The van der Waals surface area contributed by atoms with Crippen molar-refractivity contribution >= 4 is 0 Å². The molecule has 0 aromatic heterocycles. The molecule has 1 fully saturated rings. The molecular weight excluding hydrogens is 240 g/mol. The molecule has 1 N–H and O–H groups in total. The lowest BCUT2D eigenvalue weighted by Gasteiger charge is -2.21. The largest absolute Gasteiger partial charge is 0.486 e. The van der Waals surface area contributed by atoms with Crippen molar-refractivity contribution < 1.29 is 9.47 Å². The summed E-state index contributed by atoms with van der Waals surface area (Å²) in [5.41, 5.74) is 0.957. The fourth-order valence-corrected chi connectivity index (χ4v) is 2.78. The van der Waals surface area contributed by atoms with Gasteiger partial charge in [0.25, 0.3) is 0 Å². The highest BCUT2D eigenvalue weighted by Gasteiger charge is 2.21. The molecule has 0 bridgehead atoms. The summed E-state index contributed by atoms with van der Waals surface area (Å²) in [4.78, 5) is 0. The Hall–Kier alpha value is -1.73. The molecule has 0 spiro atoms. The summed E-state index contributed by atoms with van der Waals surface area (Å²) in [5.74, 6) is 1.52. The van der Waals surface area contributed by atoms with Crippen molar-refractivity contribution in [2.45, 2.75) is 37.8 Å². The normalized spacial score (nSPS) is 19.9. The maximum absolute atomic E-state index is 9.36. The quantitative estimate of drug-likeness (QED) is 0.905. The zero-order valence-corrected chi connectivity index (χ0v) is 10.9. The summed E-state index contributed by atoms with van der Waals surface area (Å²) >= 11 is 0. The number of rotatable bonds is 3. The summed E-state index contributed by atoms with van der Waals surface area (Å²) < 4.78 is 11.1. The Balaban J connectivity index is 1.77. The number of ether oxygens (including phenoxy) is 2. The molecule has 1 heterocycles. The summed E-state index contributed by atoms with van der Waals surface area (Å²) in [5, 5.41) is 12.8. The van der Waals surface area contributed by atoms with Gasteiger partial charge in [0.1, 0.15) is 19.3 Å². The lowest BCUT2D eigenvalue weighted by molar-refractivity contribution is 0.171. The minimum atomic E-state index is -0.265. The Labute approximate surface area is 113 Å². The van der Waals surface area contributed by atoms with Gasteiger partial charge in [-0.15, -0.1) is 0 Å². The second-order valence-corrected chi connectivity index (χ2v) is 5.11. The molecule has 19 heavy (non-hydrogen) atoms. The highest BCUT2D eigenvalue weighted by atomic mass is 16.6. The number of benzene rings is 1. The van der Waals surface area contributed by atoms with E-state index in [-0.39, 0.29) is 6.04 Å². The van der Waals surface area contributed by atoms with E-state index in [4.69, 9.17) is 9.47 Å². The van der Waals surface area contributed by atoms with E-state index < -0.39 is 0 Å². The molecular formula is C15H18N2O2. The molecule has 1 aliphatic heterocycles. The smallest absolute Gasteiger partial charge is 0.161 e. The van der Waals surface area contributed by atoms with Gasteiger partial charge in [-0.3, -0.25) is 5.32 Å². The van der Waals surface area contributed by atoms with Gasteiger partial charge < -0.3 is 9.47 Å². The third-order valence-electron chi connectivity index (χ3n) is 3.79. The van der Waals surface area contributed by atoms with E-state index in [9.17, 15) is 5.26 Å². The average Bonchev–Trinajstić information content (AvgIpc) is 2.97. The van der Waals surface area contributed by atoms with Crippen LogP contribution >= 0.6 is 0 Å². The van der Waals surface area contributed by atoms with Crippen LogP contribution in [0.4, 0.5) is 0 Å². The summed E-state index contributed by atoms with van der Waals surface area (Å²) in [6.45, 7) is 1.16. The molecule has 1 aromatic rings. The van der Waals surface area contributed by atoms with Crippen molar-refractivity contribution in [3.8, 4) is 17.6 Å². The van der Waals surface area contributed by atoms with E-state index in [1.54, 1.807) is 0 Å². The SMILES string of the molecule is N#CC(NC1CCCC1)c1ccc2c(c1)OCCO2. The first-order valence-electron chi connectivity index (χ1n) is 6.92. The highest BCUT2D eigenvalue weighted by Crippen LogP contribution is 2.33. The van der Waals surface area contributed by atoms with Crippen LogP contribution in [0.25, 0.3) is 0 Å². The van der Waals surface area contributed by atoms with Gasteiger partial charge >= 0.3 is 0 Å². The molecule has 2 aliphatic rings. The highest BCUT2D eigenvalue weighted by molar-refractivity contribution is 5.45. The van der Waals surface area contributed by atoms with Gasteiger partial charge in [0.15, 0.2) is 11.5 Å². The Morgan fingerprint density at radius 3 is 2.63 bits per heavy atom. The molecule has 0 radical (unpaired) electrons. The minimum Gasteiger partial charge on any atom is -0.486 e. The van der Waals surface area contributed by atoms with E-state index in [0.29, 0.717) is 19.3 Å². The Morgan fingerprint density at radius 2 is 1.89 bits per heavy atom. The third kappa shape index (κ3) is 2.66. The van der Waals surface area contributed by atoms with Crippen molar-refractivity contribution in [3.63, 3.8) is 0 Å². The molecule has 1 saturated carbocycles. The van der Waals surface area contributed by atoms with E-state index in [0.717, 1.165) is 17.1 Å². The average molecular weight is 258 g/mol. The van der Waals surface area contributed by atoms with Crippen LogP contribution in [0.2, 0.25) is 0 Å². The lowest BCUT2D eigenvalue weighted by Crippen LogP contribution is -2.29. The van der Waals surface area contributed by atoms with Crippen LogP contribution in [0.15, 0.2) is 18.2 Å². The number of hydrogen-bond acceptors (Lipinski definition) is 4. The first-order chi connectivity index (χ1) is 9.36. The monoisotopic (exact) mass is 258 g/mol. The zero-order valence-electron chi connectivity index (χ0n) is 10.9.